The normalized spacial score (nSPS) is 12.7. The van der Waals surface area contributed by atoms with E-state index in [0.717, 1.165) is 16.7 Å². The highest BCUT2D eigenvalue weighted by atomic mass is 16.5. The first-order valence-corrected chi connectivity index (χ1v) is 9.70. The molecule has 0 aliphatic heterocycles. The first kappa shape index (κ1) is 20.9. The number of esters is 1. The summed E-state index contributed by atoms with van der Waals surface area (Å²) in [5.74, 6) is -0.450. The Balaban J connectivity index is 2.18. The van der Waals surface area contributed by atoms with Gasteiger partial charge in [0, 0.05) is 17.3 Å². The van der Waals surface area contributed by atoms with Crippen LogP contribution in [0.25, 0.3) is 0 Å². The van der Waals surface area contributed by atoms with Crippen molar-refractivity contribution in [1.29, 1.82) is 0 Å². The molecule has 0 radical (unpaired) electrons. The molecule has 0 unspecified atom stereocenters. The van der Waals surface area contributed by atoms with Gasteiger partial charge < -0.3 is 4.74 Å². The Labute approximate surface area is 177 Å². The second-order valence-corrected chi connectivity index (χ2v) is 6.57. The summed E-state index contributed by atoms with van der Waals surface area (Å²) < 4.78 is 5.12. The minimum absolute atomic E-state index is 0.450. The fourth-order valence-corrected chi connectivity index (χ4v) is 3.17. The number of hydrogen-bond donors (Lipinski definition) is 0. The summed E-state index contributed by atoms with van der Waals surface area (Å²) in [5.41, 5.74) is 3.41. The second-order valence-electron chi connectivity index (χ2n) is 6.57. The van der Waals surface area contributed by atoms with Crippen LogP contribution in [0.3, 0.4) is 0 Å². The van der Waals surface area contributed by atoms with Crippen LogP contribution in [0, 0.1) is 0 Å². The summed E-state index contributed by atoms with van der Waals surface area (Å²) in [5, 5.41) is 0. The lowest BCUT2D eigenvalue weighted by Gasteiger charge is -2.21. The third-order valence-electron chi connectivity index (χ3n) is 4.60. The number of aliphatic imine (C=N–C) groups is 2. The minimum atomic E-state index is -0.857. The van der Waals surface area contributed by atoms with E-state index < -0.39 is 18.1 Å². The molecular weight excluding hydrogens is 372 g/mol. The average molecular weight is 396 g/mol. The number of carbonyl (C=O) groups is 1. The second kappa shape index (κ2) is 10.7. The molecule has 0 fully saturated rings. The maximum Gasteiger partial charge on any atom is 0.333 e. The molecule has 3 rings (SSSR count). The molecule has 0 saturated carbocycles. The Morgan fingerprint density at radius 3 is 1.83 bits per heavy atom. The van der Waals surface area contributed by atoms with Gasteiger partial charge in [-0.25, -0.2) is 4.79 Å². The molecule has 0 amide bonds. The molecule has 0 heterocycles. The number of ether oxygens (including phenoxy) is 1. The van der Waals surface area contributed by atoms with Gasteiger partial charge in [-0.1, -0.05) is 104 Å². The molecule has 0 aromatic heterocycles. The van der Waals surface area contributed by atoms with Crippen molar-refractivity contribution >= 4 is 17.9 Å². The highest BCUT2D eigenvalue weighted by Crippen LogP contribution is 2.26. The van der Waals surface area contributed by atoms with E-state index in [1.54, 1.807) is 12.3 Å². The van der Waals surface area contributed by atoms with Crippen LogP contribution in [0.1, 0.15) is 22.7 Å². The van der Waals surface area contributed by atoms with Gasteiger partial charge in [0.05, 0.1) is 12.8 Å². The number of benzene rings is 3. The van der Waals surface area contributed by atoms with Crippen molar-refractivity contribution < 1.29 is 9.53 Å². The van der Waals surface area contributed by atoms with Gasteiger partial charge in [-0.05, 0) is 5.56 Å². The zero-order valence-corrected chi connectivity index (χ0v) is 16.9. The van der Waals surface area contributed by atoms with Crippen molar-refractivity contribution in [3.63, 3.8) is 0 Å². The van der Waals surface area contributed by atoms with E-state index >= 15 is 0 Å². The Hall–Kier alpha value is -3.79. The van der Waals surface area contributed by atoms with Crippen molar-refractivity contribution in [2.24, 2.45) is 9.98 Å². The molecule has 4 heteroatoms. The van der Waals surface area contributed by atoms with Crippen LogP contribution in [0.2, 0.25) is 0 Å². The molecule has 0 bridgehead atoms. The Morgan fingerprint density at radius 2 is 1.37 bits per heavy atom. The predicted octanol–water partition coefficient (Wildman–Crippen LogP) is 5.06. The largest absolute Gasteiger partial charge is 0.467 e. The van der Waals surface area contributed by atoms with Crippen LogP contribution in [-0.2, 0) is 9.53 Å². The van der Waals surface area contributed by atoms with Gasteiger partial charge >= 0.3 is 5.97 Å². The summed E-state index contributed by atoms with van der Waals surface area (Å²) in [6.07, 6.45) is 3.18. The van der Waals surface area contributed by atoms with Crippen LogP contribution in [0.5, 0.6) is 0 Å². The minimum Gasteiger partial charge on any atom is -0.467 e. The van der Waals surface area contributed by atoms with Gasteiger partial charge in [0.1, 0.15) is 6.04 Å². The van der Waals surface area contributed by atoms with E-state index in [9.17, 15) is 4.79 Å². The first-order chi connectivity index (χ1) is 14.7. The van der Waals surface area contributed by atoms with E-state index in [2.05, 4.69) is 11.6 Å². The van der Waals surface area contributed by atoms with Crippen molar-refractivity contribution in [1.82, 2.24) is 0 Å². The van der Waals surface area contributed by atoms with Gasteiger partial charge in [-0.2, -0.15) is 0 Å². The van der Waals surface area contributed by atoms with E-state index in [1.807, 2.05) is 91.0 Å². The molecule has 0 saturated heterocycles. The molecule has 3 aromatic rings. The number of hydrogen-bond acceptors (Lipinski definition) is 4. The van der Waals surface area contributed by atoms with Gasteiger partial charge in [-0.15, -0.1) is 0 Å². The van der Waals surface area contributed by atoms with Crippen molar-refractivity contribution in [3.8, 4) is 0 Å². The van der Waals surface area contributed by atoms with Crippen LogP contribution in [-0.4, -0.2) is 31.0 Å². The summed E-state index contributed by atoms with van der Waals surface area (Å²) in [6.45, 7) is 3.71. The lowest BCUT2D eigenvalue weighted by atomic mass is 9.97. The number of rotatable bonds is 8. The predicted molar refractivity (Wildman–Crippen MR) is 122 cm³/mol. The van der Waals surface area contributed by atoms with Crippen molar-refractivity contribution in [3.05, 3.63) is 120 Å². The molecule has 0 aliphatic carbocycles. The van der Waals surface area contributed by atoms with E-state index in [4.69, 9.17) is 9.73 Å². The monoisotopic (exact) mass is 396 g/mol. The van der Waals surface area contributed by atoms with Crippen molar-refractivity contribution in [2.45, 2.75) is 12.1 Å². The fraction of sp³-hybridized carbons (Fsp3) is 0.115. The molecule has 30 heavy (non-hydrogen) atoms. The van der Waals surface area contributed by atoms with Gasteiger partial charge in [0.15, 0.2) is 6.04 Å². The van der Waals surface area contributed by atoms with E-state index in [-0.39, 0.29) is 0 Å². The topological polar surface area (TPSA) is 51.0 Å². The summed E-state index contributed by atoms with van der Waals surface area (Å²) >= 11 is 0. The summed E-state index contributed by atoms with van der Waals surface area (Å²) in [6, 6.07) is 27.8. The number of carbonyl (C=O) groups excluding carboxylic acids is 1. The molecule has 0 N–H and O–H groups in total. The lowest BCUT2D eigenvalue weighted by Crippen LogP contribution is -2.29. The number of methoxy groups -OCH3 is 1. The van der Waals surface area contributed by atoms with E-state index in [1.165, 1.54) is 7.11 Å². The molecular formula is C26H24N2O2. The SMILES string of the molecule is C=CC=N[C@H](c1ccccc1)[C@H](N=C(c1ccccc1)c1ccccc1)C(=O)OC. The van der Waals surface area contributed by atoms with Gasteiger partial charge in [0.2, 0.25) is 0 Å². The quantitative estimate of drug-likeness (QED) is 0.395. The van der Waals surface area contributed by atoms with Crippen LogP contribution >= 0.6 is 0 Å². The van der Waals surface area contributed by atoms with Crippen molar-refractivity contribution in [2.75, 3.05) is 7.11 Å². The van der Waals surface area contributed by atoms with Crippen LogP contribution in [0.15, 0.2) is 114 Å². The Bertz CT molecular complexity index is 971. The maximum absolute atomic E-state index is 12.9. The molecule has 3 aromatic carbocycles. The standard InChI is InChI=1S/C26H24N2O2/c1-3-19-27-24(22-17-11-6-12-18-22)25(26(29)30-2)28-23(20-13-7-4-8-14-20)21-15-9-5-10-16-21/h3-19,24-25H,1H2,2H3/t24-,25+/m1/s1. The van der Waals surface area contributed by atoms with Gasteiger partial charge in [-0.3, -0.25) is 9.98 Å². The highest BCUT2D eigenvalue weighted by molar-refractivity contribution is 6.13. The fourth-order valence-electron chi connectivity index (χ4n) is 3.17. The molecule has 4 nitrogen and oxygen atoms in total. The highest BCUT2D eigenvalue weighted by Gasteiger charge is 2.30. The smallest absolute Gasteiger partial charge is 0.333 e. The molecule has 0 spiro atoms. The van der Waals surface area contributed by atoms with Gasteiger partial charge in [0.25, 0.3) is 0 Å². The maximum atomic E-state index is 12.9. The molecule has 0 aliphatic rings. The summed E-state index contributed by atoms with van der Waals surface area (Å²) in [7, 11) is 1.37. The summed E-state index contributed by atoms with van der Waals surface area (Å²) in [4.78, 5) is 22.3. The first-order valence-electron chi connectivity index (χ1n) is 9.70. The molecule has 150 valence electrons. The number of allylic oxidation sites excluding steroid dienone is 1. The molecule has 2 atom stereocenters. The Kier molecular flexibility index (Phi) is 7.45. The van der Waals surface area contributed by atoms with Crippen LogP contribution in [0.4, 0.5) is 0 Å². The third-order valence-corrected chi connectivity index (χ3v) is 4.60. The Morgan fingerprint density at radius 1 is 0.867 bits per heavy atom. The third kappa shape index (κ3) is 5.17. The lowest BCUT2D eigenvalue weighted by molar-refractivity contribution is -0.142. The zero-order valence-electron chi connectivity index (χ0n) is 16.9. The average Bonchev–Trinajstić information content (AvgIpc) is 2.82. The van der Waals surface area contributed by atoms with E-state index in [0.29, 0.717) is 5.71 Å². The number of nitrogens with zero attached hydrogens (tertiary/aromatic N) is 2. The van der Waals surface area contributed by atoms with Crippen LogP contribution < -0.4 is 0 Å². The zero-order chi connectivity index (χ0) is 21.2.